The topological polar surface area (TPSA) is 21.2 Å². The molecule has 2 aliphatic carbocycles. The van der Waals surface area contributed by atoms with Crippen LogP contribution >= 0.6 is 0 Å². The first kappa shape index (κ1) is 20.9. The average Bonchev–Trinajstić information content (AvgIpc) is 3.17. The number of imidazole rings is 1. The Bertz CT molecular complexity index is 1590. The van der Waals surface area contributed by atoms with Crippen molar-refractivity contribution in [3.8, 4) is 0 Å². The van der Waals surface area contributed by atoms with Gasteiger partial charge in [-0.2, -0.15) is 4.40 Å². The fourth-order valence-electron chi connectivity index (χ4n) is 8.43. The lowest BCUT2D eigenvalue weighted by atomic mass is 9.82. The molecule has 0 radical (unpaired) electrons. The molecule has 1 fully saturated rings. The van der Waals surface area contributed by atoms with Gasteiger partial charge in [0.15, 0.2) is 11.0 Å². The standard InChI is InChI=1S/C31H38N3/c1-10-31-17-30(31,9)18-12-11-13-21-24(18)25-33(26(32-21)27(2,3)4)22-14-19-20(15-23(22)34(25)31)29(7,8)16-28(19,5)6/h11-15H,10,16-17H2,1-9H3/q+1. The van der Waals surface area contributed by atoms with E-state index in [9.17, 15) is 0 Å². The maximum atomic E-state index is 5.37. The molecule has 1 aliphatic heterocycles. The van der Waals surface area contributed by atoms with Crippen molar-refractivity contribution in [1.82, 2.24) is 9.38 Å². The number of aromatic nitrogens is 3. The second kappa shape index (κ2) is 5.53. The molecule has 3 aliphatic rings. The fraction of sp³-hybridized carbons (Fsp3) is 0.548. The number of nitrogens with zero attached hydrogens (tertiary/aromatic N) is 3. The molecular formula is C31H38N3+. The average molecular weight is 453 g/mol. The van der Waals surface area contributed by atoms with Gasteiger partial charge in [-0.15, -0.1) is 0 Å². The van der Waals surface area contributed by atoms with Crippen LogP contribution in [0.2, 0.25) is 0 Å². The smallest absolute Gasteiger partial charge is 0.216 e. The minimum atomic E-state index is -0.0640. The van der Waals surface area contributed by atoms with Crippen molar-refractivity contribution in [2.75, 3.05) is 0 Å². The lowest BCUT2D eigenvalue weighted by Crippen LogP contribution is -2.52. The normalized spacial score (nSPS) is 28.1. The quantitative estimate of drug-likeness (QED) is 0.286. The van der Waals surface area contributed by atoms with Crippen molar-refractivity contribution < 1.29 is 4.57 Å². The molecule has 176 valence electrons. The van der Waals surface area contributed by atoms with Crippen LogP contribution < -0.4 is 4.57 Å². The Hall–Kier alpha value is -2.42. The molecule has 3 nitrogen and oxygen atoms in total. The van der Waals surface area contributed by atoms with Crippen LogP contribution in [-0.2, 0) is 27.2 Å². The SMILES string of the molecule is CCC12CC1(C)c1cccc3nc(C(C)(C)C)n4c5cc6c(cc5[n+]2c4c13)C(C)(C)CC6(C)C. The largest absolute Gasteiger partial charge is 0.299 e. The summed E-state index contributed by atoms with van der Waals surface area (Å²) in [5, 5.41) is 1.37. The van der Waals surface area contributed by atoms with Gasteiger partial charge in [0.25, 0.3) is 5.65 Å². The number of fused-ring (bicyclic) bond motifs is 7. The van der Waals surface area contributed by atoms with Crippen LogP contribution in [0.1, 0.15) is 104 Å². The zero-order valence-corrected chi connectivity index (χ0v) is 22.3. The van der Waals surface area contributed by atoms with E-state index in [0.29, 0.717) is 0 Å². The van der Waals surface area contributed by atoms with E-state index in [1.807, 2.05) is 0 Å². The maximum Gasteiger partial charge on any atom is 0.299 e. The predicted octanol–water partition coefficient (Wildman–Crippen LogP) is 6.96. The van der Waals surface area contributed by atoms with Crippen LogP contribution in [0, 0.1) is 0 Å². The van der Waals surface area contributed by atoms with Crippen LogP contribution in [0.4, 0.5) is 0 Å². The van der Waals surface area contributed by atoms with Gasteiger partial charge in [-0.1, -0.05) is 74.4 Å². The highest BCUT2D eigenvalue weighted by Crippen LogP contribution is 2.65. The third-order valence-electron chi connectivity index (χ3n) is 9.89. The molecule has 0 N–H and O–H groups in total. The Morgan fingerprint density at radius 1 is 0.941 bits per heavy atom. The van der Waals surface area contributed by atoms with E-state index in [1.165, 1.54) is 51.9 Å². The maximum absolute atomic E-state index is 5.37. The summed E-state index contributed by atoms with van der Waals surface area (Å²) in [7, 11) is 0. The van der Waals surface area contributed by atoms with Gasteiger partial charge in [-0.25, -0.2) is 9.55 Å². The van der Waals surface area contributed by atoms with Crippen molar-refractivity contribution in [2.45, 2.75) is 109 Å². The zero-order valence-electron chi connectivity index (χ0n) is 22.3. The monoisotopic (exact) mass is 452 g/mol. The molecule has 0 saturated heterocycles. The second-order valence-electron chi connectivity index (χ2n) is 14.1. The third-order valence-corrected chi connectivity index (χ3v) is 9.89. The number of hydrogen-bond acceptors (Lipinski definition) is 1. The van der Waals surface area contributed by atoms with Crippen LogP contribution in [0.5, 0.6) is 0 Å². The van der Waals surface area contributed by atoms with Gasteiger partial charge < -0.3 is 0 Å². The highest BCUT2D eigenvalue weighted by Gasteiger charge is 2.72. The van der Waals surface area contributed by atoms with Crippen molar-refractivity contribution in [3.05, 3.63) is 52.8 Å². The van der Waals surface area contributed by atoms with Gasteiger partial charge in [0, 0.05) is 17.3 Å². The van der Waals surface area contributed by atoms with Gasteiger partial charge in [0.2, 0.25) is 5.82 Å². The molecular weight excluding hydrogens is 414 g/mol. The predicted molar refractivity (Wildman–Crippen MR) is 140 cm³/mol. The molecule has 3 heteroatoms. The summed E-state index contributed by atoms with van der Waals surface area (Å²) in [5.74, 6) is 1.17. The molecule has 2 atom stereocenters. The van der Waals surface area contributed by atoms with E-state index in [1.54, 1.807) is 5.56 Å². The van der Waals surface area contributed by atoms with Crippen LogP contribution in [0.25, 0.3) is 27.6 Å². The highest BCUT2D eigenvalue weighted by atomic mass is 15.3. The van der Waals surface area contributed by atoms with Crippen molar-refractivity contribution >= 4 is 27.6 Å². The highest BCUT2D eigenvalue weighted by molar-refractivity contribution is 5.98. The van der Waals surface area contributed by atoms with Gasteiger partial charge in [-0.05, 0) is 58.6 Å². The Morgan fingerprint density at radius 3 is 2.26 bits per heavy atom. The van der Waals surface area contributed by atoms with Crippen molar-refractivity contribution in [1.29, 1.82) is 0 Å². The molecule has 34 heavy (non-hydrogen) atoms. The first-order valence-electron chi connectivity index (χ1n) is 13.2. The number of rotatable bonds is 1. The Balaban J connectivity index is 1.80. The van der Waals surface area contributed by atoms with Crippen LogP contribution in [0.15, 0.2) is 30.3 Å². The second-order valence-corrected chi connectivity index (χ2v) is 14.1. The van der Waals surface area contributed by atoms with E-state index in [2.05, 4.69) is 102 Å². The molecule has 2 aromatic carbocycles. The van der Waals surface area contributed by atoms with Crippen molar-refractivity contribution in [2.24, 2.45) is 0 Å². The van der Waals surface area contributed by atoms with Gasteiger partial charge in [0.05, 0.1) is 10.9 Å². The molecule has 2 aromatic heterocycles. The zero-order chi connectivity index (χ0) is 24.2. The first-order chi connectivity index (χ1) is 15.8. The van der Waals surface area contributed by atoms with Crippen molar-refractivity contribution in [3.63, 3.8) is 0 Å². The van der Waals surface area contributed by atoms with E-state index < -0.39 is 0 Å². The third kappa shape index (κ3) is 2.09. The summed E-state index contributed by atoms with van der Waals surface area (Å²) < 4.78 is 5.33. The fourth-order valence-corrected chi connectivity index (χ4v) is 8.43. The summed E-state index contributed by atoms with van der Waals surface area (Å²) in [6, 6.07) is 12.0. The molecule has 2 unspecified atom stereocenters. The van der Waals surface area contributed by atoms with Gasteiger partial charge in [-0.3, -0.25) is 0 Å². The van der Waals surface area contributed by atoms with Gasteiger partial charge in [0.1, 0.15) is 5.54 Å². The summed E-state index contributed by atoms with van der Waals surface area (Å²) in [5.41, 5.74) is 10.5. The molecule has 3 heterocycles. The Labute approximate surface area is 203 Å². The number of benzene rings is 2. The molecule has 7 rings (SSSR count). The number of hydrogen-bond donors (Lipinski definition) is 0. The molecule has 1 saturated carbocycles. The molecule has 0 bridgehead atoms. The summed E-state index contributed by atoms with van der Waals surface area (Å²) >= 11 is 0. The van der Waals surface area contributed by atoms with E-state index in [0.717, 1.165) is 11.9 Å². The summed E-state index contributed by atoms with van der Waals surface area (Å²) in [6.07, 6.45) is 3.55. The Morgan fingerprint density at radius 2 is 1.62 bits per heavy atom. The van der Waals surface area contributed by atoms with Crippen LogP contribution in [0.3, 0.4) is 0 Å². The summed E-state index contributed by atoms with van der Waals surface area (Å²) in [4.78, 5) is 5.37. The Kier molecular flexibility index (Phi) is 3.40. The van der Waals surface area contributed by atoms with E-state index >= 15 is 0 Å². The van der Waals surface area contributed by atoms with Gasteiger partial charge >= 0.3 is 0 Å². The lowest BCUT2D eigenvalue weighted by Gasteiger charge is -2.27. The van der Waals surface area contributed by atoms with E-state index in [-0.39, 0.29) is 27.2 Å². The minimum Gasteiger partial charge on any atom is -0.216 e. The lowest BCUT2D eigenvalue weighted by molar-refractivity contribution is -0.697. The van der Waals surface area contributed by atoms with E-state index in [4.69, 9.17) is 4.98 Å². The first-order valence-corrected chi connectivity index (χ1v) is 13.2. The minimum absolute atomic E-state index is 0.0640. The van der Waals surface area contributed by atoms with Crippen LogP contribution in [-0.4, -0.2) is 9.38 Å². The molecule has 0 amide bonds. The summed E-state index contributed by atoms with van der Waals surface area (Å²) in [6.45, 7) is 21.5. The molecule has 0 spiro atoms. The molecule has 4 aromatic rings.